The van der Waals surface area contributed by atoms with Crippen LogP contribution < -0.4 is 5.32 Å². The van der Waals surface area contributed by atoms with Crippen LogP contribution in [0.5, 0.6) is 0 Å². The van der Waals surface area contributed by atoms with Gasteiger partial charge in [0, 0.05) is 11.4 Å². The van der Waals surface area contributed by atoms with Gasteiger partial charge in [0.1, 0.15) is 0 Å². The predicted octanol–water partition coefficient (Wildman–Crippen LogP) is 1.64. The molecule has 1 aromatic carbocycles. The smallest absolute Gasteiger partial charge is 0.234 e. The minimum absolute atomic E-state index is 0.0924. The Kier molecular flexibility index (Phi) is 6.34. The molecule has 0 saturated heterocycles. The number of anilines is 1. The van der Waals surface area contributed by atoms with Crippen LogP contribution in [0.15, 0.2) is 12.1 Å². The molecule has 0 bridgehead atoms. The predicted molar refractivity (Wildman–Crippen MR) is 79.7 cm³/mol. The monoisotopic (exact) mass is 283 g/mol. The van der Waals surface area contributed by atoms with E-state index in [1.54, 1.807) is 0 Å². The number of hydrogen-bond acceptors (Lipinski definition) is 4. The van der Waals surface area contributed by atoms with E-state index in [0.29, 0.717) is 5.75 Å². The second-order valence-electron chi connectivity index (χ2n) is 4.67. The first-order valence-electron chi connectivity index (χ1n) is 6.18. The quantitative estimate of drug-likeness (QED) is 0.742. The summed E-state index contributed by atoms with van der Waals surface area (Å²) in [6.45, 7) is 5.69. The van der Waals surface area contributed by atoms with Crippen molar-refractivity contribution in [2.75, 3.05) is 23.4 Å². The van der Waals surface area contributed by atoms with Gasteiger partial charge in [0.2, 0.25) is 5.91 Å². The van der Waals surface area contributed by atoms with Gasteiger partial charge in [-0.3, -0.25) is 4.79 Å². The van der Waals surface area contributed by atoms with E-state index in [9.17, 15) is 9.90 Å². The third kappa shape index (κ3) is 5.22. The molecule has 3 N–H and O–H groups in total. The van der Waals surface area contributed by atoms with Crippen LogP contribution in [-0.4, -0.2) is 40.3 Å². The number of carbonyl (C=O) groups is 1. The van der Waals surface area contributed by atoms with Crippen molar-refractivity contribution in [3.63, 3.8) is 0 Å². The molecule has 0 radical (unpaired) electrons. The number of carbonyl (C=O) groups excluding carboxylic acids is 1. The van der Waals surface area contributed by atoms with Gasteiger partial charge >= 0.3 is 0 Å². The molecule has 106 valence electrons. The van der Waals surface area contributed by atoms with Crippen LogP contribution in [0.25, 0.3) is 0 Å². The lowest BCUT2D eigenvalue weighted by Crippen LogP contribution is -2.19. The van der Waals surface area contributed by atoms with Crippen molar-refractivity contribution in [2.24, 2.45) is 0 Å². The summed E-state index contributed by atoms with van der Waals surface area (Å²) in [5, 5.41) is 20.7. The first kappa shape index (κ1) is 16.0. The Labute approximate surface area is 118 Å². The topological polar surface area (TPSA) is 69.6 Å². The zero-order chi connectivity index (χ0) is 14.4. The van der Waals surface area contributed by atoms with Gasteiger partial charge in [-0.15, -0.1) is 11.8 Å². The molecule has 0 fully saturated rings. The summed E-state index contributed by atoms with van der Waals surface area (Å²) in [5.74, 6) is 0.532. The van der Waals surface area contributed by atoms with E-state index in [1.165, 1.54) is 17.3 Å². The van der Waals surface area contributed by atoms with E-state index in [0.717, 1.165) is 16.8 Å². The summed E-state index contributed by atoms with van der Waals surface area (Å²) < 4.78 is 0. The van der Waals surface area contributed by atoms with Gasteiger partial charge in [-0.05, 0) is 31.9 Å². The number of thioether (sulfide) groups is 1. The Morgan fingerprint density at radius 1 is 1.32 bits per heavy atom. The number of rotatable bonds is 6. The van der Waals surface area contributed by atoms with Gasteiger partial charge in [-0.1, -0.05) is 17.7 Å². The van der Waals surface area contributed by atoms with Gasteiger partial charge in [-0.25, -0.2) is 0 Å². The Morgan fingerprint density at radius 2 is 1.89 bits per heavy atom. The summed E-state index contributed by atoms with van der Waals surface area (Å²) in [4.78, 5) is 11.8. The summed E-state index contributed by atoms with van der Waals surface area (Å²) in [6, 6.07) is 4.07. The van der Waals surface area contributed by atoms with E-state index in [-0.39, 0.29) is 18.3 Å². The molecule has 1 aromatic rings. The molecule has 0 aromatic heterocycles. The van der Waals surface area contributed by atoms with Crippen LogP contribution in [0.3, 0.4) is 0 Å². The molecule has 0 spiro atoms. The average Bonchev–Trinajstić information content (AvgIpc) is 2.33. The molecule has 1 amide bonds. The fraction of sp³-hybridized carbons (Fsp3) is 0.500. The Bertz CT molecular complexity index is 425. The minimum atomic E-state index is -0.763. The normalized spacial score (nSPS) is 12.3. The van der Waals surface area contributed by atoms with E-state index in [2.05, 4.69) is 5.32 Å². The molecule has 19 heavy (non-hydrogen) atoms. The van der Waals surface area contributed by atoms with Gasteiger partial charge in [0.25, 0.3) is 0 Å². The summed E-state index contributed by atoms with van der Waals surface area (Å²) in [5.41, 5.74) is 4.13. The van der Waals surface area contributed by atoms with Crippen LogP contribution in [0, 0.1) is 20.8 Å². The maximum atomic E-state index is 11.8. The molecule has 1 atom stereocenters. The average molecular weight is 283 g/mol. The number of aliphatic hydroxyl groups excluding tert-OH is 2. The zero-order valence-electron chi connectivity index (χ0n) is 11.6. The number of benzene rings is 1. The van der Waals surface area contributed by atoms with Crippen molar-refractivity contribution in [3.8, 4) is 0 Å². The van der Waals surface area contributed by atoms with Crippen LogP contribution >= 0.6 is 11.8 Å². The molecule has 0 heterocycles. The number of amides is 1. The number of aliphatic hydroxyl groups is 2. The third-order valence-electron chi connectivity index (χ3n) is 2.70. The first-order chi connectivity index (χ1) is 8.93. The molecular weight excluding hydrogens is 262 g/mol. The second-order valence-corrected chi connectivity index (χ2v) is 5.70. The van der Waals surface area contributed by atoms with E-state index >= 15 is 0 Å². The van der Waals surface area contributed by atoms with Crippen LogP contribution in [0.1, 0.15) is 16.7 Å². The Morgan fingerprint density at radius 3 is 2.42 bits per heavy atom. The van der Waals surface area contributed by atoms with E-state index < -0.39 is 6.10 Å². The van der Waals surface area contributed by atoms with Gasteiger partial charge in [0.05, 0.1) is 18.5 Å². The maximum absolute atomic E-state index is 11.8. The number of aryl methyl sites for hydroxylation is 3. The molecule has 0 saturated carbocycles. The first-order valence-corrected chi connectivity index (χ1v) is 7.34. The fourth-order valence-electron chi connectivity index (χ4n) is 1.89. The highest BCUT2D eigenvalue weighted by atomic mass is 32.2. The highest BCUT2D eigenvalue weighted by Crippen LogP contribution is 2.22. The molecule has 0 aliphatic heterocycles. The van der Waals surface area contributed by atoms with Crippen molar-refractivity contribution in [1.82, 2.24) is 0 Å². The molecule has 1 unspecified atom stereocenters. The van der Waals surface area contributed by atoms with Crippen molar-refractivity contribution >= 4 is 23.4 Å². The molecule has 0 aliphatic rings. The number of hydrogen-bond donors (Lipinski definition) is 3. The minimum Gasteiger partial charge on any atom is -0.394 e. The van der Waals surface area contributed by atoms with E-state index in [4.69, 9.17) is 5.11 Å². The standard InChI is InChI=1S/C14H21NO3S/c1-9-4-10(2)14(11(3)5-9)15-13(18)8-19-7-12(17)6-16/h4-5,12,16-17H,6-8H2,1-3H3,(H,15,18). The molecule has 0 aliphatic carbocycles. The summed E-state index contributed by atoms with van der Waals surface area (Å²) in [7, 11) is 0. The zero-order valence-corrected chi connectivity index (χ0v) is 12.4. The lowest BCUT2D eigenvalue weighted by atomic mass is 10.1. The van der Waals surface area contributed by atoms with Gasteiger partial charge in [-0.2, -0.15) is 0 Å². The van der Waals surface area contributed by atoms with E-state index in [1.807, 2.05) is 32.9 Å². The van der Waals surface area contributed by atoms with Crippen molar-refractivity contribution in [1.29, 1.82) is 0 Å². The van der Waals surface area contributed by atoms with Crippen molar-refractivity contribution < 1.29 is 15.0 Å². The summed E-state index contributed by atoms with van der Waals surface area (Å²) >= 11 is 1.31. The summed E-state index contributed by atoms with van der Waals surface area (Å²) in [6.07, 6.45) is -0.763. The molecule has 1 rings (SSSR count). The fourth-order valence-corrected chi connectivity index (χ4v) is 2.65. The highest BCUT2D eigenvalue weighted by molar-refractivity contribution is 8.00. The Hall–Kier alpha value is -1.04. The van der Waals surface area contributed by atoms with Crippen LogP contribution in [0.4, 0.5) is 5.69 Å². The lowest BCUT2D eigenvalue weighted by Gasteiger charge is -2.13. The lowest BCUT2D eigenvalue weighted by molar-refractivity contribution is -0.113. The van der Waals surface area contributed by atoms with Gasteiger partial charge in [0.15, 0.2) is 0 Å². The second kappa shape index (κ2) is 7.53. The largest absolute Gasteiger partial charge is 0.394 e. The maximum Gasteiger partial charge on any atom is 0.234 e. The molecule has 5 heteroatoms. The van der Waals surface area contributed by atoms with Crippen molar-refractivity contribution in [2.45, 2.75) is 26.9 Å². The SMILES string of the molecule is Cc1cc(C)c(NC(=O)CSCC(O)CO)c(C)c1. The Balaban J connectivity index is 2.53. The highest BCUT2D eigenvalue weighted by Gasteiger charge is 2.09. The molecular formula is C14H21NO3S. The number of nitrogens with one attached hydrogen (secondary N) is 1. The van der Waals surface area contributed by atoms with Gasteiger partial charge < -0.3 is 15.5 Å². The molecule has 4 nitrogen and oxygen atoms in total. The van der Waals surface area contributed by atoms with Crippen LogP contribution in [0.2, 0.25) is 0 Å². The van der Waals surface area contributed by atoms with Crippen molar-refractivity contribution in [3.05, 3.63) is 28.8 Å². The third-order valence-corrected chi connectivity index (χ3v) is 3.78. The van der Waals surface area contributed by atoms with Crippen LogP contribution in [-0.2, 0) is 4.79 Å².